The van der Waals surface area contributed by atoms with Gasteiger partial charge in [-0.05, 0) is 146 Å². The Morgan fingerprint density at radius 2 is 0.699 bits per heavy atom. The lowest BCUT2D eigenvalue weighted by molar-refractivity contribution is 0.602. The Morgan fingerprint density at radius 3 is 1.26 bits per heavy atom. The molecule has 0 aliphatic heterocycles. The second-order valence-corrected chi connectivity index (χ2v) is 26.7. The van der Waals surface area contributed by atoms with Gasteiger partial charge in [-0.25, -0.2) is 15.0 Å². The second-order valence-electron chi connectivity index (χ2n) is 26.7. The molecule has 0 saturated carbocycles. The van der Waals surface area contributed by atoms with Crippen LogP contribution in [-0.4, -0.2) is 28.7 Å². The first-order valence-corrected chi connectivity index (χ1v) is 31.9. The van der Waals surface area contributed by atoms with Crippen molar-refractivity contribution in [3.8, 4) is 50.4 Å². The van der Waals surface area contributed by atoms with Gasteiger partial charge >= 0.3 is 0 Å². The Kier molecular flexibility index (Phi) is 11.0. The van der Waals surface area contributed by atoms with Crippen LogP contribution in [0.3, 0.4) is 0 Å². The van der Waals surface area contributed by atoms with Crippen LogP contribution in [0, 0.1) is 0 Å². The maximum absolute atomic E-state index is 5.49. The molecule has 93 heavy (non-hydrogen) atoms. The topological polar surface area (TPSA) is 92.9 Å². The molecule has 21 rings (SSSR count). The Hall–Kier alpha value is -11.6. The van der Waals surface area contributed by atoms with E-state index >= 15 is 0 Å². The zero-order valence-electron chi connectivity index (χ0n) is 52.2. The summed E-state index contributed by atoms with van der Waals surface area (Å²) in [7, 11) is 0. The molecule has 9 heteroatoms. The Morgan fingerprint density at radius 1 is 0.290 bits per heavy atom. The van der Waals surface area contributed by atoms with Crippen molar-refractivity contribution in [3.63, 3.8) is 0 Å². The fourth-order valence-corrected chi connectivity index (χ4v) is 16.6. The van der Waals surface area contributed by atoms with E-state index in [0.29, 0.717) is 0 Å². The van der Waals surface area contributed by atoms with Crippen LogP contribution >= 0.6 is 0 Å². The third-order valence-corrected chi connectivity index (χ3v) is 20.8. The summed E-state index contributed by atoms with van der Waals surface area (Å²) in [6, 6.07) is 85.2. The lowest BCUT2D eigenvalue weighted by Gasteiger charge is -2.22. The molecule has 0 radical (unpaired) electrons. The normalized spacial score (nSPS) is 14.4. The van der Waals surface area contributed by atoms with Crippen LogP contribution in [0.15, 0.2) is 269 Å². The van der Waals surface area contributed by atoms with Gasteiger partial charge in [0.15, 0.2) is 35.9 Å². The molecule has 12 aromatic carbocycles. The van der Waals surface area contributed by atoms with Crippen LogP contribution in [0.2, 0.25) is 0 Å². The van der Waals surface area contributed by atoms with Crippen LogP contribution in [0.5, 0.6) is 0 Å². The minimum Gasteiger partial charge on any atom is -0.443 e. The summed E-state index contributed by atoms with van der Waals surface area (Å²) < 4.78 is 23.5. The number of para-hydroxylation sites is 3. The Bertz CT molecular complexity index is 6190. The fraction of sp³-hybridized carbons (Fsp3) is 0.107. The van der Waals surface area contributed by atoms with Crippen LogP contribution in [-0.2, 0) is 16.2 Å². The summed E-state index contributed by atoms with van der Waals surface area (Å²) in [6.45, 7) is 14.0. The molecule has 0 saturated heterocycles. The molecule has 3 aliphatic carbocycles. The molecule has 0 unspecified atom stereocenters. The molecule has 0 spiro atoms. The Labute approximate surface area is 535 Å². The van der Waals surface area contributed by atoms with Gasteiger partial charge < -0.3 is 27.0 Å². The van der Waals surface area contributed by atoms with Crippen molar-refractivity contribution in [2.75, 3.05) is 0 Å². The van der Waals surface area contributed by atoms with Crippen molar-refractivity contribution in [2.45, 2.75) is 57.8 Å². The van der Waals surface area contributed by atoms with E-state index in [1.807, 2.05) is 18.2 Å². The van der Waals surface area contributed by atoms with Gasteiger partial charge in [-0.3, -0.25) is 0 Å². The molecule has 6 heterocycles. The van der Waals surface area contributed by atoms with Gasteiger partial charge in [-0.2, -0.15) is 0 Å². The summed E-state index contributed by atoms with van der Waals surface area (Å²) in [6.07, 6.45) is 4.52. The summed E-state index contributed by atoms with van der Waals surface area (Å²) in [5.74, 6) is 0. The second kappa shape index (κ2) is 19.2. The van der Waals surface area contributed by atoms with E-state index in [9.17, 15) is 0 Å². The average Bonchev–Trinajstić information content (AvgIpc) is 1.56. The Balaban J connectivity index is 0.0000000994. The summed E-state index contributed by atoms with van der Waals surface area (Å²) in [4.78, 5) is 13.2. The van der Waals surface area contributed by atoms with Crippen molar-refractivity contribution < 1.29 is 13.3 Å². The van der Waals surface area contributed by atoms with Gasteiger partial charge in [0.05, 0.1) is 33.1 Å². The monoisotopic (exact) mass is 1200 g/mol. The van der Waals surface area contributed by atoms with Crippen molar-refractivity contribution in [1.82, 2.24) is 28.7 Å². The number of fused-ring (bicyclic) bond motifs is 24. The lowest BCUT2D eigenvalue weighted by atomic mass is 9.80. The predicted molar refractivity (Wildman–Crippen MR) is 378 cm³/mol. The third-order valence-electron chi connectivity index (χ3n) is 20.8. The molecule has 6 aromatic heterocycles. The summed E-state index contributed by atoms with van der Waals surface area (Å²) in [5.41, 5.74) is 32.0. The first-order valence-electron chi connectivity index (χ1n) is 31.9. The van der Waals surface area contributed by atoms with Crippen LogP contribution in [0.1, 0.15) is 74.9 Å². The predicted octanol–water partition coefficient (Wildman–Crippen LogP) is 21.7. The third kappa shape index (κ3) is 7.41. The van der Waals surface area contributed by atoms with Gasteiger partial charge in [0, 0.05) is 71.2 Å². The molecular weight excluding hydrogens is 1140 g/mol. The fourth-order valence-electron chi connectivity index (χ4n) is 16.6. The van der Waals surface area contributed by atoms with Gasteiger partial charge in [-0.15, -0.1) is 0 Å². The highest BCUT2D eigenvalue weighted by Gasteiger charge is 2.41. The molecule has 0 amide bonds. The van der Waals surface area contributed by atoms with Gasteiger partial charge in [0.1, 0.15) is 16.6 Å². The van der Waals surface area contributed by atoms with Gasteiger partial charge in [-0.1, -0.05) is 193 Å². The highest BCUT2D eigenvalue weighted by atomic mass is 16.3. The summed E-state index contributed by atoms with van der Waals surface area (Å²) >= 11 is 0. The van der Waals surface area contributed by atoms with E-state index in [2.05, 4.69) is 289 Å². The maximum atomic E-state index is 5.49. The lowest BCUT2D eigenvalue weighted by Crippen LogP contribution is -2.15. The molecule has 18 aromatic rings. The largest absolute Gasteiger partial charge is 0.443 e. The molecule has 0 N–H and O–H groups in total. The summed E-state index contributed by atoms with van der Waals surface area (Å²) in [5, 5.41) is 7.78. The quantitative estimate of drug-likeness (QED) is 0.175. The number of oxazole rings is 3. The maximum Gasteiger partial charge on any atom is 0.181 e. The number of nitrogens with zero attached hydrogens (tertiary/aromatic N) is 6. The molecule has 444 valence electrons. The van der Waals surface area contributed by atoms with E-state index in [-0.39, 0.29) is 16.2 Å². The molecule has 9 nitrogen and oxygen atoms in total. The standard InChI is InChI=1S/3C28H20N2O/c1-28(2)21-9-5-3-8-20(21)26-22(28)13-12-19-18-7-4-6-10-24(18)30(27(19)26)17-11-14-25-23(15-17)29-16-31-25;1-28(2)21-9-5-3-7-18(21)19-12-13-24-26(27(19)28)20-8-4-6-10-23(20)30(24)17-11-14-25-22(15-17)29-16-31-25;1-28(2)20-9-5-3-7-18(20)26-21(28)12-13-24-27(26)19-8-4-6-10-23(19)30(24)17-11-14-25-22(15-17)29-16-31-25/h3*3-16H,1-2H3. The van der Waals surface area contributed by atoms with Gasteiger partial charge in [0.2, 0.25) is 0 Å². The highest BCUT2D eigenvalue weighted by molar-refractivity contribution is 6.19. The van der Waals surface area contributed by atoms with Crippen molar-refractivity contribution in [3.05, 3.63) is 289 Å². The zero-order chi connectivity index (χ0) is 62.2. The molecular formula is C84H60N6O3. The van der Waals surface area contributed by atoms with E-state index < -0.39 is 0 Å². The minimum atomic E-state index is -0.0591. The molecule has 0 fully saturated rings. The highest BCUT2D eigenvalue weighted by Crippen LogP contribution is 2.56. The first-order chi connectivity index (χ1) is 45.4. The van der Waals surface area contributed by atoms with E-state index in [4.69, 9.17) is 13.3 Å². The molecule has 0 atom stereocenters. The van der Waals surface area contributed by atoms with Crippen LogP contribution in [0.4, 0.5) is 0 Å². The van der Waals surface area contributed by atoms with Crippen LogP contribution < -0.4 is 0 Å². The number of hydrogen-bond donors (Lipinski definition) is 0. The molecule has 3 aliphatic rings. The van der Waals surface area contributed by atoms with E-state index in [0.717, 1.165) is 50.4 Å². The number of rotatable bonds is 3. The smallest absolute Gasteiger partial charge is 0.181 e. The average molecular weight is 1200 g/mol. The zero-order valence-corrected chi connectivity index (χ0v) is 52.2. The molecule has 0 bridgehead atoms. The minimum absolute atomic E-state index is 0.0110. The first kappa shape index (κ1) is 53.3. The van der Waals surface area contributed by atoms with Gasteiger partial charge in [0.25, 0.3) is 0 Å². The van der Waals surface area contributed by atoms with Crippen LogP contribution in [0.25, 0.3) is 149 Å². The van der Waals surface area contributed by atoms with Crippen molar-refractivity contribution in [1.29, 1.82) is 0 Å². The number of aromatic nitrogens is 6. The van der Waals surface area contributed by atoms with Crippen molar-refractivity contribution >= 4 is 98.7 Å². The number of hydrogen-bond acceptors (Lipinski definition) is 6. The SMILES string of the molecule is CC1(C)c2ccccc2-c2c1ccc1c2c2ccccc2n1-c1ccc2ocnc2c1.CC1(C)c2ccccc2-c2c1ccc1c3ccccc3n(-c3ccc4ocnc4c3)c21.CC1(C)c2ccccc2-c2ccc3c(c21)c1ccccc1n3-c1ccc2ocnc2c1. The van der Waals surface area contributed by atoms with E-state index in [1.54, 1.807) is 0 Å². The van der Waals surface area contributed by atoms with Crippen molar-refractivity contribution in [2.24, 2.45) is 0 Å². The number of benzene rings is 12. The van der Waals surface area contributed by atoms with E-state index in [1.165, 1.54) is 151 Å².